The lowest BCUT2D eigenvalue weighted by atomic mass is 9.97. The quantitative estimate of drug-likeness (QED) is 0.292. The van der Waals surface area contributed by atoms with Crippen LogP contribution in [0.2, 0.25) is 0 Å². The number of rotatable bonds is 4. The van der Waals surface area contributed by atoms with Crippen molar-refractivity contribution in [3.63, 3.8) is 0 Å². The second kappa shape index (κ2) is 8.87. The van der Waals surface area contributed by atoms with E-state index in [1.54, 1.807) is 17.7 Å². The molecule has 0 unspecified atom stereocenters. The Morgan fingerprint density at radius 1 is 1.28 bits per heavy atom. The molecule has 1 aromatic carbocycles. The van der Waals surface area contributed by atoms with Crippen molar-refractivity contribution in [3.05, 3.63) is 34.5 Å². The van der Waals surface area contributed by atoms with Gasteiger partial charge in [-0.25, -0.2) is 9.97 Å². The van der Waals surface area contributed by atoms with E-state index in [2.05, 4.69) is 15.3 Å². The van der Waals surface area contributed by atoms with Crippen LogP contribution in [0.5, 0.6) is 0 Å². The van der Waals surface area contributed by atoms with Crippen molar-refractivity contribution in [3.8, 4) is 0 Å². The Morgan fingerprint density at radius 3 is 2.69 bits per heavy atom. The molecule has 4 rings (SSSR count). The maximum atomic E-state index is 8.36. The van der Waals surface area contributed by atoms with Gasteiger partial charge in [0, 0.05) is 36.4 Å². The van der Waals surface area contributed by atoms with Crippen LogP contribution in [0.4, 0.5) is 22.9 Å². The van der Waals surface area contributed by atoms with Crippen molar-refractivity contribution in [2.75, 3.05) is 30.0 Å². The molecule has 152 valence electrons. The van der Waals surface area contributed by atoms with Crippen LogP contribution in [-0.2, 0) is 17.6 Å². The second-order valence-electron chi connectivity index (χ2n) is 6.88. The van der Waals surface area contributed by atoms with Crippen LogP contribution in [0.3, 0.4) is 0 Å². The third-order valence-electron chi connectivity index (χ3n) is 4.84. The van der Waals surface area contributed by atoms with E-state index in [0.29, 0.717) is 11.3 Å². The molecule has 0 saturated carbocycles. The predicted molar refractivity (Wildman–Crippen MR) is 119 cm³/mol. The number of thiophene rings is 1. The van der Waals surface area contributed by atoms with Crippen molar-refractivity contribution >= 4 is 57.1 Å². The van der Waals surface area contributed by atoms with Gasteiger partial charge in [0.2, 0.25) is 0 Å². The van der Waals surface area contributed by atoms with Gasteiger partial charge >= 0.3 is 0 Å². The summed E-state index contributed by atoms with van der Waals surface area (Å²) in [5.74, 6) is 0.832. The zero-order chi connectivity index (χ0) is 21.0. The predicted octanol–water partition coefficient (Wildman–Crippen LogP) is 3.66. The highest BCUT2D eigenvalue weighted by Gasteiger charge is 2.20. The molecule has 0 spiro atoms. The summed E-state index contributed by atoms with van der Waals surface area (Å²) < 4.78 is 0. The number of nitrogens with one attached hydrogen (secondary N) is 2. The Balaban J connectivity index is 0.000000755. The number of nitrogens with two attached hydrogens (primary N) is 1. The molecule has 3 aromatic rings. The van der Waals surface area contributed by atoms with Crippen molar-refractivity contribution in [2.24, 2.45) is 0 Å². The third-order valence-corrected chi connectivity index (χ3v) is 6.04. The van der Waals surface area contributed by atoms with Crippen molar-refractivity contribution in [1.29, 1.82) is 5.41 Å². The second-order valence-corrected chi connectivity index (χ2v) is 7.96. The van der Waals surface area contributed by atoms with Crippen LogP contribution in [0.15, 0.2) is 18.5 Å². The molecule has 5 N–H and O–H groups in total. The molecule has 9 heteroatoms. The Labute approximate surface area is 172 Å². The average molecular weight is 413 g/mol. The summed E-state index contributed by atoms with van der Waals surface area (Å²) in [6.45, 7) is -0.250. The van der Waals surface area contributed by atoms with Crippen LogP contribution in [0.25, 0.3) is 10.2 Å². The highest BCUT2D eigenvalue weighted by Crippen LogP contribution is 2.40. The summed E-state index contributed by atoms with van der Waals surface area (Å²) >= 11 is 1.79. The maximum absolute atomic E-state index is 8.36. The fourth-order valence-electron chi connectivity index (χ4n) is 3.53. The topological polar surface area (TPSA) is 128 Å². The minimum Gasteiger partial charge on any atom is -0.483 e. The Kier molecular flexibility index (Phi) is 6.28. The van der Waals surface area contributed by atoms with Gasteiger partial charge in [-0.3, -0.25) is 4.79 Å². The van der Waals surface area contributed by atoms with Gasteiger partial charge in [-0.05, 0) is 43.4 Å². The summed E-state index contributed by atoms with van der Waals surface area (Å²) in [6, 6.07) is 3.80. The molecular weight excluding hydrogens is 388 g/mol. The van der Waals surface area contributed by atoms with E-state index in [1.807, 2.05) is 31.1 Å². The molecule has 0 aliphatic heterocycles. The summed E-state index contributed by atoms with van der Waals surface area (Å²) in [5.41, 5.74) is 10.6. The number of nitrogen functional groups attached to an aromatic ring is 1. The Hall–Kier alpha value is -3.20. The standard InChI is InChI=1S/C19H22N6S.CH2O2/c1-25(2)15-8-13(21)11(9-20)7-14(15)24-18-17-12-5-3-4-6-16(12)26-19(17)23-10-22-18;2-1-3/h7-10,20H,3-6,21H2,1-2H3,(H,22,23,24);1H,(H,2,3). The minimum atomic E-state index is -0.250. The summed E-state index contributed by atoms with van der Waals surface area (Å²) in [4.78, 5) is 21.9. The number of hydrogen-bond donors (Lipinski definition) is 4. The van der Waals surface area contributed by atoms with Gasteiger partial charge in [-0.2, -0.15) is 0 Å². The fourth-order valence-corrected chi connectivity index (χ4v) is 4.76. The lowest BCUT2D eigenvalue weighted by molar-refractivity contribution is -0.122. The molecule has 29 heavy (non-hydrogen) atoms. The van der Waals surface area contributed by atoms with Gasteiger partial charge in [0.15, 0.2) is 0 Å². The highest BCUT2D eigenvalue weighted by molar-refractivity contribution is 7.19. The molecule has 0 atom stereocenters. The molecule has 0 amide bonds. The normalized spacial score (nSPS) is 12.5. The van der Waals surface area contributed by atoms with Crippen molar-refractivity contribution in [1.82, 2.24) is 9.97 Å². The van der Waals surface area contributed by atoms with Gasteiger partial charge in [-0.1, -0.05) is 0 Å². The number of hydrogen-bond acceptors (Lipinski definition) is 8. The largest absolute Gasteiger partial charge is 0.483 e. The number of benzene rings is 1. The number of fused-ring (bicyclic) bond motifs is 3. The van der Waals surface area contributed by atoms with Gasteiger partial charge in [0.25, 0.3) is 6.47 Å². The SMILES string of the molecule is CN(C)c1cc(N)c(C=N)cc1Nc1ncnc2sc3c(c12)CCCC3.O=CO. The summed E-state index contributed by atoms with van der Waals surface area (Å²) in [7, 11) is 3.96. The van der Waals surface area contributed by atoms with Gasteiger partial charge in [-0.15, -0.1) is 11.3 Å². The minimum absolute atomic E-state index is 0.250. The van der Waals surface area contributed by atoms with E-state index in [4.69, 9.17) is 21.0 Å². The molecule has 8 nitrogen and oxygen atoms in total. The average Bonchev–Trinajstić information content (AvgIpc) is 3.09. The van der Waals surface area contributed by atoms with Crippen LogP contribution >= 0.6 is 11.3 Å². The lowest BCUT2D eigenvalue weighted by Gasteiger charge is -2.20. The number of carboxylic acid groups (broad SMARTS) is 1. The third kappa shape index (κ3) is 4.14. The van der Waals surface area contributed by atoms with Crippen molar-refractivity contribution in [2.45, 2.75) is 25.7 Å². The van der Waals surface area contributed by atoms with E-state index in [1.165, 1.54) is 29.5 Å². The zero-order valence-electron chi connectivity index (χ0n) is 16.4. The number of aromatic nitrogens is 2. The van der Waals surface area contributed by atoms with Gasteiger partial charge in [0.05, 0.1) is 16.8 Å². The first-order valence-corrected chi connectivity index (χ1v) is 10.0. The zero-order valence-corrected chi connectivity index (χ0v) is 17.2. The van der Waals surface area contributed by atoms with Gasteiger partial charge in [0.1, 0.15) is 17.0 Å². The van der Waals surface area contributed by atoms with E-state index in [0.717, 1.165) is 40.3 Å². The molecule has 1 aliphatic carbocycles. The monoisotopic (exact) mass is 412 g/mol. The number of anilines is 4. The number of nitrogens with zero attached hydrogens (tertiary/aromatic N) is 3. The lowest BCUT2D eigenvalue weighted by Crippen LogP contribution is -2.13. The first-order chi connectivity index (χ1) is 14.0. The van der Waals surface area contributed by atoms with Crippen LogP contribution < -0.4 is 16.0 Å². The molecule has 0 radical (unpaired) electrons. The molecular formula is C20H24N6O2S. The molecule has 0 fully saturated rings. The Morgan fingerprint density at radius 2 is 2.00 bits per heavy atom. The number of aryl methyl sites for hydroxylation is 2. The maximum Gasteiger partial charge on any atom is 0.290 e. The molecule has 2 heterocycles. The first kappa shape index (κ1) is 20.5. The van der Waals surface area contributed by atoms with E-state index in [9.17, 15) is 0 Å². The number of carbonyl (C=O) groups is 1. The molecule has 0 bridgehead atoms. The summed E-state index contributed by atoms with van der Waals surface area (Å²) in [5, 5.41) is 19.1. The van der Waals surface area contributed by atoms with E-state index < -0.39 is 0 Å². The van der Waals surface area contributed by atoms with Crippen LogP contribution in [0, 0.1) is 5.41 Å². The van der Waals surface area contributed by atoms with Crippen LogP contribution in [0.1, 0.15) is 28.8 Å². The fraction of sp³-hybridized carbons (Fsp3) is 0.300. The summed E-state index contributed by atoms with van der Waals surface area (Å²) in [6.07, 6.45) is 7.60. The van der Waals surface area contributed by atoms with Crippen LogP contribution in [-0.4, -0.2) is 41.9 Å². The molecule has 1 aliphatic rings. The first-order valence-electron chi connectivity index (χ1n) is 9.21. The molecule has 0 saturated heterocycles. The van der Waals surface area contributed by atoms with Crippen molar-refractivity contribution < 1.29 is 9.90 Å². The van der Waals surface area contributed by atoms with Gasteiger partial charge < -0.3 is 26.5 Å². The Bertz CT molecular complexity index is 1050. The molecule has 2 aromatic heterocycles. The van der Waals surface area contributed by atoms with E-state index >= 15 is 0 Å². The van der Waals surface area contributed by atoms with E-state index in [-0.39, 0.29) is 6.47 Å². The highest BCUT2D eigenvalue weighted by atomic mass is 32.1. The smallest absolute Gasteiger partial charge is 0.290 e.